The van der Waals surface area contributed by atoms with Gasteiger partial charge in [-0.25, -0.2) is 14.4 Å². The van der Waals surface area contributed by atoms with Crippen LogP contribution in [0.15, 0.2) is 18.6 Å². The first-order valence-corrected chi connectivity index (χ1v) is 7.46. The zero-order valence-corrected chi connectivity index (χ0v) is 12.5. The summed E-state index contributed by atoms with van der Waals surface area (Å²) in [5, 5.41) is 4.24. The summed E-state index contributed by atoms with van der Waals surface area (Å²) < 4.78 is 16.4. The first kappa shape index (κ1) is 14.0. The predicted molar refractivity (Wildman–Crippen MR) is 78.5 cm³/mol. The van der Waals surface area contributed by atoms with Crippen LogP contribution in [0.4, 0.5) is 10.2 Å². The van der Waals surface area contributed by atoms with E-state index in [2.05, 4.69) is 20.0 Å². The van der Waals surface area contributed by atoms with E-state index >= 15 is 0 Å². The summed E-state index contributed by atoms with van der Waals surface area (Å²) >= 11 is 0. The average molecular weight is 289 g/mol. The summed E-state index contributed by atoms with van der Waals surface area (Å²) in [6, 6.07) is 2.13. The molecule has 1 aliphatic rings. The van der Waals surface area contributed by atoms with Crippen LogP contribution in [-0.4, -0.2) is 26.3 Å². The lowest BCUT2D eigenvalue weighted by Gasteiger charge is -2.36. The van der Waals surface area contributed by atoms with Gasteiger partial charge >= 0.3 is 0 Å². The zero-order chi connectivity index (χ0) is 14.8. The summed E-state index contributed by atoms with van der Waals surface area (Å²) in [6.45, 7) is 2.72. The SMILES string of the molecule is CCc1ncnc(N2CCCCC2c2ccnn2C)c1F. The van der Waals surface area contributed by atoms with Crippen molar-refractivity contribution < 1.29 is 4.39 Å². The lowest BCUT2D eigenvalue weighted by molar-refractivity contribution is 0.437. The van der Waals surface area contributed by atoms with E-state index in [9.17, 15) is 4.39 Å². The number of piperidine rings is 1. The Labute approximate surface area is 123 Å². The highest BCUT2D eigenvalue weighted by Gasteiger charge is 2.29. The number of aryl methyl sites for hydroxylation is 2. The molecule has 1 atom stereocenters. The molecule has 1 saturated heterocycles. The highest BCUT2D eigenvalue weighted by Crippen LogP contribution is 2.35. The van der Waals surface area contributed by atoms with E-state index < -0.39 is 0 Å². The molecular formula is C15H20FN5. The molecule has 1 aliphatic heterocycles. The Morgan fingerprint density at radius 1 is 1.33 bits per heavy atom. The maximum atomic E-state index is 14.6. The normalized spacial score (nSPS) is 19.0. The molecule has 5 nitrogen and oxygen atoms in total. The van der Waals surface area contributed by atoms with Crippen molar-refractivity contribution in [2.45, 2.75) is 38.6 Å². The number of nitrogens with zero attached hydrogens (tertiary/aromatic N) is 5. The Kier molecular flexibility index (Phi) is 3.86. The molecule has 0 radical (unpaired) electrons. The molecule has 112 valence electrons. The fourth-order valence-electron chi connectivity index (χ4n) is 3.05. The molecular weight excluding hydrogens is 269 g/mol. The molecule has 0 N–H and O–H groups in total. The molecule has 0 amide bonds. The monoisotopic (exact) mass is 289 g/mol. The van der Waals surface area contributed by atoms with Crippen LogP contribution in [0, 0.1) is 5.82 Å². The lowest BCUT2D eigenvalue weighted by atomic mass is 9.99. The third kappa shape index (κ3) is 2.50. The maximum Gasteiger partial charge on any atom is 0.187 e. The van der Waals surface area contributed by atoms with Crippen molar-refractivity contribution in [2.75, 3.05) is 11.4 Å². The number of rotatable bonds is 3. The van der Waals surface area contributed by atoms with Gasteiger partial charge in [0.2, 0.25) is 0 Å². The van der Waals surface area contributed by atoms with Crippen LogP contribution < -0.4 is 4.90 Å². The molecule has 2 aromatic heterocycles. The second-order valence-corrected chi connectivity index (χ2v) is 5.40. The Bertz CT molecular complexity index is 624. The summed E-state index contributed by atoms with van der Waals surface area (Å²) in [6.07, 6.45) is 7.01. The van der Waals surface area contributed by atoms with E-state index in [1.54, 1.807) is 6.20 Å². The average Bonchev–Trinajstić information content (AvgIpc) is 2.93. The molecule has 2 aromatic rings. The summed E-state index contributed by atoms with van der Waals surface area (Å²) in [7, 11) is 1.93. The topological polar surface area (TPSA) is 46.8 Å². The van der Waals surface area contributed by atoms with E-state index in [1.807, 2.05) is 24.7 Å². The van der Waals surface area contributed by atoms with E-state index in [0.717, 1.165) is 31.5 Å². The van der Waals surface area contributed by atoms with Gasteiger partial charge in [-0.3, -0.25) is 4.68 Å². The first-order valence-electron chi connectivity index (χ1n) is 7.46. The molecule has 3 rings (SSSR count). The standard InChI is InChI=1S/C15H20FN5/c1-3-11-14(16)15(18-10-17-11)21-9-5-4-6-13(21)12-7-8-19-20(12)2/h7-8,10,13H,3-6,9H2,1-2H3. The van der Waals surface area contributed by atoms with Crippen LogP contribution in [0.2, 0.25) is 0 Å². The number of aromatic nitrogens is 4. The van der Waals surface area contributed by atoms with Gasteiger partial charge in [-0.2, -0.15) is 5.10 Å². The largest absolute Gasteiger partial charge is 0.345 e. The molecule has 1 unspecified atom stereocenters. The molecule has 0 bridgehead atoms. The quantitative estimate of drug-likeness (QED) is 0.871. The van der Waals surface area contributed by atoms with Crippen LogP contribution in [0.5, 0.6) is 0 Å². The summed E-state index contributed by atoms with van der Waals surface area (Å²) in [4.78, 5) is 10.3. The summed E-state index contributed by atoms with van der Waals surface area (Å²) in [5.41, 5.74) is 1.58. The minimum absolute atomic E-state index is 0.125. The highest BCUT2D eigenvalue weighted by molar-refractivity contribution is 5.44. The highest BCUT2D eigenvalue weighted by atomic mass is 19.1. The fourth-order valence-corrected chi connectivity index (χ4v) is 3.05. The van der Waals surface area contributed by atoms with Gasteiger partial charge in [0.1, 0.15) is 6.33 Å². The smallest absolute Gasteiger partial charge is 0.187 e. The summed E-state index contributed by atoms with van der Waals surface area (Å²) in [5.74, 6) is 0.141. The van der Waals surface area contributed by atoms with Crippen molar-refractivity contribution in [3.63, 3.8) is 0 Å². The Morgan fingerprint density at radius 2 is 2.19 bits per heavy atom. The van der Waals surface area contributed by atoms with Gasteiger partial charge in [0.15, 0.2) is 11.6 Å². The molecule has 21 heavy (non-hydrogen) atoms. The second kappa shape index (κ2) is 5.79. The van der Waals surface area contributed by atoms with E-state index in [0.29, 0.717) is 17.9 Å². The molecule has 6 heteroatoms. The fraction of sp³-hybridized carbons (Fsp3) is 0.533. The minimum atomic E-state index is -0.283. The molecule has 0 aromatic carbocycles. The molecule has 0 saturated carbocycles. The predicted octanol–water partition coefficient (Wildman–Crippen LogP) is 2.64. The Balaban J connectivity index is 2.01. The van der Waals surface area contributed by atoms with Gasteiger partial charge in [-0.1, -0.05) is 6.92 Å². The van der Waals surface area contributed by atoms with Crippen LogP contribution in [-0.2, 0) is 13.5 Å². The van der Waals surface area contributed by atoms with Gasteiger partial charge < -0.3 is 4.90 Å². The van der Waals surface area contributed by atoms with Crippen molar-refractivity contribution >= 4 is 5.82 Å². The van der Waals surface area contributed by atoms with Crippen LogP contribution in [0.25, 0.3) is 0 Å². The third-order valence-electron chi connectivity index (χ3n) is 4.15. The number of halogens is 1. The zero-order valence-electron chi connectivity index (χ0n) is 12.5. The van der Waals surface area contributed by atoms with Crippen molar-refractivity contribution in [3.05, 3.63) is 35.8 Å². The first-order chi connectivity index (χ1) is 10.2. The van der Waals surface area contributed by atoms with Gasteiger partial charge in [0.25, 0.3) is 0 Å². The number of anilines is 1. The van der Waals surface area contributed by atoms with Gasteiger partial charge in [-0.05, 0) is 31.7 Å². The Morgan fingerprint density at radius 3 is 2.90 bits per heavy atom. The molecule has 3 heterocycles. The van der Waals surface area contributed by atoms with Crippen molar-refractivity contribution in [3.8, 4) is 0 Å². The lowest BCUT2D eigenvalue weighted by Crippen LogP contribution is -2.36. The van der Waals surface area contributed by atoms with E-state index in [1.165, 1.54) is 6.33 Å². The van der Waals surface area contributed by atoms with Crippen molar-refractivity contribution in [2.24, 2.45) is 7.05 Å². The van der Waals surface area contributed by atoms with Crippen LogP contribution >= 0.6 is 0 Å². The minimum Gasteiger partial charge on any atom is -0.345 e. The molecule has 0 aliphatic carbocycles. The van der Waals surface area contributed by atoms with Crippen molar-refractivity contribution in [1.82, 2.24) is 19.7 Å². The van der Waals surface area contributed by atoms with Crippen LogP contribution in [0.3, 0.4) is 0 Å². The molecule has 1 fully saturated rings. The molecule has 0 spiro atoms. The number of hydrogen-bond acceptors (Lipinski definition) is 4. The van der Waals surface area contributed by atoms with Crippen LogP contribution in [0.1, 0.15) is 43.6 Å². The van der Waals surface area contributed by atoms with E-state index in [4.69, 9.17) is 0 Å². The number of hydrogen-bond donors (Lipinski definition) is 0. The second-order valence-electron chi connectivity index (χ2n) is 5.40. The van der Waals surface area contributed by atoms with Gasteiger partial charge in [0.05, 0.1) is 17.4 Å². The van der Waals surface area contributed by atoms with E-state index in [-0.39, 0.29) is 11.9 Å². The Hall–Kier alpha value is -1.98. The van der Waals surface area contributed by atoms with Crippen molar-refractivity contribution in [1.29, 1.82) is 0 Å². The third-order valence-corrected chi connectivity index (χ3v) is 4.15. The maximum absolute atomic E-state index is 14.6. The van der Waals surface area contributed by atoms with Gasteiger partial charge in [0, 0.05) is 19.8 Å². The van der Waals surface area contributed by atoms with Gasteiger partial charge in [-0.15, -0.1) is 0 Å².